The molecule has 0 spiro atoms. The molecule has 14 heteroatoms. The van der Waals surface area contributed by atoms with E-state index < -0.39 is 62.6 Å². The first-order valence-electron chi connectivity index (χ1n) is 9.92. The van der Waals surface area contributed by atoms with Gasteiger partial charge in [0.2, 0.25) is 0 Å². The Morgan fingerprint density at radius 2 is 1.83 bits per heavy atom. The molecule has 0 radical (unpaired) electrons. The van der Waals surface area contributed by atoms with Gasteiger partial charge in [-0.05, 0) is 37.3 Å². The van der Waals surface area contributed by atoms with E-state index in [4.69, 9.17) is 0 Å². The minimum atomic E-state index is -5.51. The number of halogens is 5. The van der Waals surface area contributed by atoms with Crippen LogP contribution in [0.2, 0.25) is 0 Å². The maximum absolute atomic E-state index is 14.0. The average molecular weight is 520 g/mol. The highest BCUT2D eigenvalue weighted by Crippen LogP contribution is 2.52. The lowest BCUT2D eigenvalue weighted by atomic mass is 9.93. The maximum Gasteiger partial charge on any atom is 0.430 e. The molecule has 4 rings (SSSR count). The summed E-state index contributed by atoms with van der Waals surface area (Å²) in [5.74, 6) is -3.88. The molecule has 0 aliphatic carbocycles. The first-order chi connectivity index (χ1) is 16.1. The van der Waals surface area contributed by atoms with Gasteiger partial charge in [0.1, 0.15) is 5.75 Å². The quantitative estimate of drug-likeness (QED) is 0.587. The molecule has 0 aromatic heterocycles. The molecule has 2 N–H and O–H groups in total. The lowest BCUT2D eigenvalue weighted by molar-refractivity contribution is -0.253. The molecule has 2 aromatic rings. The standard InChI is InChI=1S/C21H17F5N2O6S/c1-19(9-35(32,33)10-19)27-16(29)11-5-6-15-14(7-11)20(31,21(24,25)26)17(30)28(15)12-3-2-4-13(8-12)34-18(22)23/h2-8,18,31H,9-10H2,1H3,(H,27,29)/t20-/m0/s1. The Morgan fingerprint density at radius 3 is 2.40 bits per heavy atom. The largest absolute Gasteiger partial charge is 0.435 e. The van der Waals surface area contributed by atoms with E-state index in [0.29, 0.717) is 11.0 Å². The van der Waals surface area contributed by atoms with Gasteiger partial charge in [-0.1, -0.05) is 6.07 Å². The number of aliphatic hydroxyl groups is 1. The van der Waals surface area contributed by atoms with Gasteiger partial charge in [0.15, 0.2) is 9.84 Å². The molecule has 1 fully saturated rings. The number of nitrogens with one attached hydrogen (secondary N) is 1. The van der Waals surface area contributed by atoms with Crippen molar-refractivity contribution < 1.29 is 49.8 Å². The van der Waals surface area contributed by atoms with Crippen LogP contribution >= 0.6 is 0 Å². The van der Waals surface area contributed by atoms with Gasteiger partial charge in [0.05, 0.1) is 28.4 Å². The van der Waals surface area contributed by atoms with E-state index >= 15 is 0 Å². The normalized spacial score (nSPS) is 22.5. The van der Waals surface area contributed by atoms with Crippen molar-refractivity contribution in [1.82, 2.24) is 5.32 Å². The zero-order valence-corrected chi connectivity index (χ0v) is 18.6. The Kier molecular flexibility index (Phi) is 5.60. The number of hydrogen-bond acceptors (Lipinski definition) is 6. The van der Waals surface area contributed by atoms with Crippen LogP contribution in [0.4, 0.5) is 33.3 Å². The number of alkyl halides is 5. The number of benzene rings is 2. The molecule has 188 valence electrons. The third-order valence-corrected chi connectivity index (χ3v) is 7.76. The Bertz CT molecular complexity index is 1320. The van der Waals surface area contributed by atoms with Gasteiger partial charge in [-0.3, -0.25) is 14.5 Å². The van der Waals surface area contributed by atoms with Gasteiger partial charge in [-0.25, -0.2) is 8.42 Å². The van der Waals surface area contributed by atoms with Crippen LogP contribution < -0.4 is 15.0 Å². The Hall–Kier alpha value is -3.26. The van der Waals surface area contributed by atoms with Crippen molar-refractivity contribution in [1.29, 1.82) is 0 Å². The summed E-state index contributed by atoms with van der Waals surface area (Å²) in [6, 6.07) is 7.09. The number of amides is 2. The summed E-state index contributed by atoms with van der Waals surface area (Å²) in [6.07, 6.45) is -5.51. The molecular weight excluding hydrogens is 503 g/mol. The van der Waals surface area contributed by atoms with Crippen LogP contribution in [-0.2, 0) is 20.2 Å². The van der Waals surface area contributed by atoms with E-state index in [1.807, 2.05) is 0 Å². The molecule has 0 bridgehead atoms. The fourth-order valence-electron chi connectivity index (χ4n) is 4.22. The van der Waals surface area contributed by atoms with Crippen molar-refractivity contribution in [2.45, 2.75) is 30.9 Å². The van der Waals surface area contributed by atoms with E-state index in [-0.39, 0.29) is 22.8 Å². The SMILES string of the molecule is CC1(NC(=O)c2ccc3c(c2)[C@@](O)(C(F)(F)F)C(=O)N3c2cccc(OC(F)F)c2)CS(=O)(=O)C1. The number of ether oxygens (including phenoxy) is 1. The summed E-state index contributed by atoms with van der Waals surface area (Å²) in [7, 11) is -3.33. The molecule has 35 heavy (non-hydrogen) atoms. The highest BCUT2D eigenvalue weighted by Gasteiger charge is 2.67. The number of anilines is 2. The molecule has 2 aromatic carbocycles. The monoisotopic (exact) mass is 520 g/mol. The van der Waals surface area contributed by atoms with Crippen molar-refractivity contribution >= 4 is 33.0 Å². The predicted molar refractivity (Wildman–Crippen MR) is 111 cm³/mol. The van der Waals surface area contributed by atoms with E-state index in [2.05, 4.69) is 10.1 Å². The minimum absolute atomic E-state index is 0.293. The third kappa shape index (κ3) is 4.20. The Morgan fingerprint density at radius 1 is 1.17 bits per heavy atom. The minimum Gasteiger partial charge on any atom is -0.435 e. The van der Waals surface area contributed by atoms with Gasteiger partial charge >= 0.3 is 12.8 Å². The summed E-state index contributed by atoms with van der Waals surface area (Å²) >= 11 is 0. The van der Waals surface area contributed by atoms with Crippen molar-refractivity contribution in [2.75, 3.05) is 16.4 Å². The summed E-state index contributed by atoms with van der Waals surface area (Å²) in [6.45, 7) is -1.78. The summed E-state index contributed by atoms with van der Waals surface area (Å²) in [4.78, 5) is 26.0. The molecule has 8 nitrogen and oxygen atoms in total. The van der Waals surface area contributed by atoms with Crippen LogP contribution in [-0.4, -0.2) is 55.2 Å². The topological polar surface area (TPSA) is 113 Å². The van der Waals surface area contributed by atoms with Gasteiger partial charge in [0.25, 0.3) is 17.4 Å². The van der Waals surface area contributed by atoms with Gasteiger partial charge in [-0.2, -0.15) is 22.0 Å². The predicted octanol–water partition coefficient (Wildman–Crippen LogP) is 2.63. The number of carbonyl (C=O) groups excluding carboxylic acids is 2. The molecular formula is C21H17F5N2O6S. The second-order valence-corrected chi connectivity index (χ2v) is 10.6. The van der Waals surface area contributed by atoms with Crippen molar-refractivity contribution in [3.8, 4) is 5.75 Å². The molecule has 2 aliphatic heterocycles. The Labute approximate surface area is 195 Å². The van der Waals surface area contributed by atoms with Gasteiger partial charge in [0, 0.05) is 17.2 Å². The average Bonchev–Trinajstić information content (AvgIpc) is 2.93. The number of carbonyl (C=O) groups is 2. The first-order valence-corrected chi connectivity index (χ1v) is 11.7. The number of hydrogen-bond donors (Lipinski definition) is 2. The summed E-state index contributed by atoms with van der Waals surface area (Å²) in [5.41, 5.74) is -7.20. The van der Waals surface area contributed by atoms with E-state index in [1.165, 1.54) is 13.0 Å². The van der Waals surface area contributed by atoms with Crippen LogP contribution in [0, 0.1) is 0 Å². The van der Waals surface area contributed by atoms with E-state index in [9.17, 15) is 45.1 Å². The second-order valence-electron chi connectivity index (χ2n) is 8.50. The number of sulfone groups is 1. The third-order valence-electron chi connectivity index (χ3n) is 5.61. The first kappa shape index (κ1) is 24.9. The fraction of sp³-hybridized carbons (Fsp3) is 0.333. The van der Waals surface area contributed by atoms with Crippen LogP contribution in [0.25, 0.3) is 0 Å². The lowest BCUT2D eigenvalue weighted by Gasteiger charge is -2.38. The van der Waals surface area contributed by atoms with E-state index in [1.54, 1.807) is 0 Å². The van der Waals surface area contributed by atoms with Crippen molar-refractivity contribution in [3.63, 3.8) is 0 Å². The number of nitrogens with zero attached hydrogens (tertiary/aromatic N) is 1. The van der Waals surface area contributed by atoms with E-state index in [0.717, 1.165) is 30.3 Å². The molecule has 1 saturated heterocycles. The maximum atomic E-state index is 14.0. The highest BCUT2D eigenvalue weighted by molar-refractivity contribution is 7.93. The summed E-state index contributed by atoms with van der Waals surface area (Å²) in [5, 5.41) is 13.0. The van der Waals surface area contributed by atoms with Crippen molar-refractivity contribution in [2.24, 2.45) is 0 Å². The molecule has 1 atom stereocenters. The van der Waals surface area contributed by atoms with Crippen LogP contribution in [0.5, 0.6) is 5.75 Å². The molecule has 2 aliphatic rings. The zero-order valence-electron chi connectivity index (χ0n) is 17.8. The number of rotatable bonds is 5. The van der Waals surface area contributed by atoms with Crippen molar-refractivity contribution in [3.05, 3.63) is 53.6 Å². The highest BCUT2D eigenvalue weighted by atomic mass is 32.2. The van der Waals surface area contributed by atoms with Gasteiger partial charge < -0.3 is 15.2 Å². The van der Waals surface area contributed by atoms with Crippen LogP contribution in [0.3, 0.4) is 0 Å². The Balaban J connectivity index is 1.76. The fourth-order valence-corrected chi connectivity index (χ4v) is 6.23. The summed E-state index contributed by atoms with van der Waals surface area (Å²) < 4.78 is 94.2. The smallest absolute Gasteiger partial charge is 0.430 e. The number of fused-ring (bicyclic) bond motifs is 1. The molecule has 2 heterocycles. The molecule has 0 unspecified atom stereocenters. The van der Waals surface area contributed by atoms with Crippen LogP contribution in [0.1, 0.15) is 22.8 Å². The van der Waals surface area contributed by atoms with Gasteiger partial charge in [-0.15, -0.1) is 0 Å². The second kappa shape index (κ2) is 7.88. The molecule has 0 saturated carbocycles. The molecule has 2 amide bonds. The van der Waals surface area contributed by atoms with Crippen LogP contribution in [0.15, 0.2) is 42.5 Å². The zero-order chi connectivity index (χ0) is 26.0. The lowest BCUT2D eigenvalue weighted by Crippen LogP contribution is -2.63.